The van der Waals surface area contributed by atoms with Crippen LogP contribution in [-0.2, 0) is 14.3 Å². The molecule has 0 saturated heterocycles. The molecule has 3 rings (SSSR count). The van der Waals surface area contributed by atoms with Gasteiger partial charge in [0.05, 0.1) is 11.5 Å². The molecule has 2 aliphatic rings. The molecule has 4 nitrogen and oxygen atoms in total. The van der Waals surface area contributed by atoms with Gasteiger partial charge >= 0.3 is 5.97 Å². The zero-order valence-corrected chi connectivity index (χ0v) is 14.1. The summed E-state index contributed by atoms with van der Waals surface area (Å²) >= 11 is 0. The van der Waals surface area contributed by atoms with Crippen LogP contribution in [-0.4, -0.2) is 24.1 Å². The number of carbonyl (C=O) groups excluding carboxylic acids is 2. The molecule has 130 valence electrons. The van der Waals surface area contributed by atoms with Crippen LogP contribution in [0.3, 0.4) is 0 Å². The Balaban J connectivity index is 2.13. The number of ether oxygens (including phenoxy) is 1. The molecule has 1 aliphatic heterocycles. The maximum atomic E-state index is 13.8. The van der Waals surface area contributed by atoms with E-state index in [0.717, 1.165) is 12.1 Å². The van der Waals surface area contributed by atoms with Crippen LogP contribution in [0.25, 0.3) is 0 Å². The van der Waals surface area contributed by atoms with Crippen molar-refractivity contribution in [2.45, 2.75) is 32.1 Å². The number of carbonyl (C=O) groups is 2. The Morgan fingerprint density at radius 3 is 2.92 bits per heavy atom. The molecule has 0 amide bonds. The molecule has 25 heavy (non-hydrogen) atoms. The second kappa shape index (κ2) is 7.13. The van der Waals surface area contributed by atoms with Gasteiger partial charge in [0.25, 0.3) is 0 Å². The number of hydrogen-bond acceptors (Lipinski definition) is 4. The van der Waals surface area contributed by atoms with Gasteiger partial charge in [0.1, 0.15) is 18.2 Å². The Morgan fingerprint density at radius 1 is 1.40 bits per heavy atom. The summed E-state index contributed by atoms with van der Waals surface area (Å²) in [6.07, 6.45) is 3.40. The molecular formula is C20H20FNO3. The van der Waals surface area contributed by atoms with Crippen molar-refractivity contribution in [3.05, 3.63) is 59.6 Å². The van der Waals surface area contributed by atoms with Gasteiger partial charge in [0.2, 0.25) is 0 Å². The average Bonchev–Trinajstić information content (AvgIpc) is 2.58. The van der Waals surface area contributed by atoms with E-state index in [9.17, 15) is 14.0 Å². The number of nitrogens with zero attached hydrogens (tertiary/aromatic N) is 1. The molecule has 1 heterocycles. The van der Waals surface area contributed by atoms with Crippen molar-refractivity contribution in [3.8, 4) is 0 Å². The number of halogens is 1. The topological polar surface area (TPSA) is 55.7 Å². The highest BCUT2D eigenvalue weighted by Crippen LogP contribution is 2.43. The molecule has 0 unspecified atom stereocenters. The molecule has 2 atom stereocenters. The molecule has 1 aliphatic carbocycles. The van der Waals surface area contributed by atoms with Crippen molar-refractivity contribution >= 4 is 17.5 Å². The Labute approximate surface area is 146 Å². The molecule has 0 aromatic heterocycles. The first kappa shape index (κ1) is 17.3. The van der Waals surface area contributed by atoms with Crippen LogP contribution in [0, 0.1) is 11.7 Å². The van der Waals surface area contributed by atoms with Gasteiger partial charge in [-0.1, -0.05) is 24.8 Å². The highest BCUT2D eigenvalue weighted by Gasteiger charge is 2.43. The van der Waals surface area contributed by atoms with Crippen LogP contribution in [0.4, 0.5) is 4.39 Å². The van der Waals surface area contributed by atoms with Crippen LogP contribution < -0.4 is 0 Å². The minimum atomic E-state index is -0.562. The fraction of sp³-hybridized carbons (Fsp3) is 0.350. The van der Waals surface area contributed by atoms with Crippen molar-refractivity contribution in [2.24, 2.45) is 10.9 Å². The van der Waals surface area contributed by atoms with Crippen molar-refractivity contribution < 1.29 is 18.7 Å². The van der Waals surface area contributed by atoms with E-state index in [-0.39, 0.29) is 12.4 Å². The first-order chi connectivity index (χ1) is 12.0. The van der Waals surface area contributed by atoms with Gasteiger partial charge in [-0.25, -0.2) is 9.18 Å². The number of rotatable bonds is 4. The average molecular weight is 341 g/mol. The number of Topliss-reactive ketones (excluding diaryl/α,β-unsaturated/α-hetero) is 1. The Bertz CT molecular complexity index is 794. The van der Waals surface area contributed by atoms with Crippen LogP contribution in [0.5, 0.6) is 0 Å². The van der Waals surface area contributed by atoms with E-state index >= 15 is 0 Å². The first-order valence-electron chi connectivity index (χ1n) is 8.37. The van der Waals surface area contributed by atoms with Crippen molar-refractivity contribution in [1.82, 2.24) is 0 Å². The molecule has 1 aromatic rings. The SMILES string of the molecule is C=CCOC(=O)C1=C(C)N=C2CCCC(=O)[C@@H]2[C@@H]1c1cccc(F)c1. The molecule has 1 fully saturated rings. The van der Waals surface area contributed by atoms with Crippen LogP contribution in [0.15, 0.2) is 53.2 Å². The minimum Gasteiger partial charge on any atom is -0.458 e. The number of esters is 1. The lowest BCUT2D eigenvalue weighted by atomic mass is 9.69. The number of hydrogen-bond donors (Lipinski definition) is 0. The van der Waals surface area contributed by atoms with E-state index in [1.54, 1.807) is 19.1 Å². The largest absolute Gasteiger partial charge is 0.458 e. The molecule has 1 saturated carbocycles. The third-order valence-electron chi connectivity index (χ3n) is 4.67. The summed E-state index contributed by atoms with van der Waals surface area (Å²) in [5.74, 6) is -1.98. The molecule has 1 aromatic carbocycles. The van der Waals surface area contributed by atoms with Crippen molar-refractivity contribution in [3.63, 3.8) is 0 Å². The third-order valence-corrected chi connectivity index (χ3v) is 4.67. The quantitative estimate of drug-likeness (QED) is 0.619. The molecule has 0 bridgehead atoms. The van der Waals surface area contributed by atoms with Gasteiger partial charge in [-0.05, 0) is 37.5 Å². The van der Waals surface area contributed by atoms with E-state index < -0.39 is 23.6 Å². The Hall–Kier alpha value is -2.56. The van der Waals surface area contributed by atoms with Crippen LogP contribution in [0.2, 0.25) is 0 Å². The van der Waals surface area contributed by atoms with E-state index in [2.05, 4.69) is 11.6 Å². The maximum absolute atomic E-state index is 13.8. The predicted octanol–water partition coefficient (Wildman–Crippen LogP) is 3.74. The van der Waals surface area contributed by atoms with Gasteiger partial charge in [0, 0.05) is 23.7 Å². The zero-order valence-electron chi connectivity index (χ0n) is 14.1. The van der Waals surface area contributed by atoms with Gasteiger partial charge in [0.15, 0.2) is 0 Å². The van der Waals surface area contributed by atoms with Crippen LogP contribution in [0.1, 0.15) is 37.7 Å². The lowest BCUT2D eigenvalue weighted by molar-refractivity contribution is -0.138. The fourth-order valence-corrected chi connectivity index (χ4v) is 3.66. The summed E-state index contributed by atoms with van der Waals surface area (Å²) in [5.41, 5.74) is 2.24. The smallest absolute Gasteiger partial charge is 0.336 e. The molecule has 0 spiro atoms. The van der Waals surface area contributed by atoms with Gasteiger partial charge < -0.3 is 4.74 Å². The summed E-state index contributed by atoms with van der Waals surface area (Å²) in [6.45, 7) is 5.34. The van der Waals surface area contributed by atoms with Gasteiger partial charge in [-0.2, -0.15) is 0 Å². The van der Waals surface area contributed by atoms with Crippen LogP contribution >= 0.6 is 0 Å². The van der Waals surface area contributed by atoms with E-state index in [0.29, 0.717) is 29.7 Å². The minimum absolute atomic E-state index is 0.0424. The molecule has 0 N–H and O–H groups in total. The predicted molar refractivity (Wildman–Crippen MR) is 92.8 cm³/mol. The lowest BCUT2D eigenvalue weighted by Gasteiger charge is -2.35. The highest BCUT2D eigenvalue weighted by atomic mass is 19.1. The van der Waals surface area contributed by atoms with Gasteiger partial charge in [-0.3, -0.25) is 9.79 Å². The maximum Gasteiger partial charge on any atom is 0.336 e. The monoisotopic (exact) mass is 341 g/mol. The van der Waals surface area contributed by atoms with Crippen molar-refractivity contribution in [2.75, 3.05) is 6.61 Å². The molecular weight excluding hydrogens is 321 g/mol. The first-order valence-corrected chi connectivity index (χ1v) is 8.37. The third kappa shape index (κ3) is 3.31. The highest BCUT2D eigenvalue weighted by molar-refractivity contribution is 6.11. The normalized spacial score (nSPS) is 23.0. The second-order valence-corrected chi connectivity index (χ2v) is 6.32. The Kier molecular flexibility index (Phi) is 4.93. The standard InChI is InChI=1S/C20H20FNO3/c1-3-10-25-20(24)17-12(2)22-15-8-5-9-16(23)19(15)18(17)13-6-4-7-14(21)11-13/h3-4,6-7,11,18-19H,1,5,8-10H2,2H3/t18-,19-/m1/s1. The number of aliphatic imine (C=N–C) groups is 1. The molecule has 0 radical (unpaired) electrons. The zero-order chi connectivity index (χ0) is 18.0. The number of benzene rings is 1. The summed E-state index contributed by atoms with van der Waals surface area (Å²) in [7, 11) is 0. The number of allylic oxidation sites excluding steroid dienone is 1. The second-order valence-electron chi connectivity index (χ2n) is 6.32. The van der Waals surface area contributed by atoms with E-state index in [1.807, 2.05) is 0 Å². The fourth-order valence-electron chi connectivity index (χ4n) is 3.66. The summed E-state index contributed by atoms with van der Waals surface area (Å²) < 4.78 is 19.0. The summed E-state index contributed by atoms with van der Waals surface area (Å²) in [4.78, 5) is 29.8. The lowest BCUT2D eigenvalue weighted by Crippen LogP contribution is -2.39. The summed E-state index contributed by atoms with van der Waals surface area (Å²) in [5, 5.41) is 0. The summed E-state index contributed by atoms with van der Waals surface area (Å²) in [6, 6.07) is 6.05. The Morgan fingerprint density at radius 2 is 2.20 bits per heavy atom. The van der Waals surface area contributed by atoms with E-state index in [4.69, 9.17) is 4.74 Å². The number of fused-ring (bicyclic) bond motifs is 1. The molecule has 5 heteroatoms. The number of ketones is 1. The van der Waals surface area contributed by atoms with E-state index in [1.165, 1.54) is 18.2 Å². The van der Waals surface area contributed by atoms with Crippen molar-refractivity contribution in [1.29, 1.82) is 0 Å². The van der Waals surface area contributed by atoms with Gasteiger partial charge in [-0.15, -0.1) is 0 Å².